The van der Waals surface area contributed by atoms with Crippen molar-refractivity contribution >= 4 is 22.9 Å². The number of carbonyl (C=O) groups excluding carboxylic acids is 1. The molecule has 0 bridgehead atoms. The van der Waals surface area contributed by atoms with E-state index in [-0.39, 0.29) is 5.91 Å². The Bertz CT molecular complexity index is 496. The smallest absolute Gasteiger partial charge is 0.253 e. The first kappa shape index (κ1) is 11.6. The number of aromatic nitrogens is 1. The van der Waals surface area contributed by atoms with E-state index in [9.17, 15) is 4.79 Å². The molecule has 1 amide bonds. The fourth-order valence-electron chi connectivity index (χ4n) is 1.49. The highest BCUT2D eigenvalue weighted by molar-refractivity contribution is 7.09. The lowest BCUT2D eigenvalue weighted by molar-refractivity contribution is 0.0951. The van der Waals surface area contributed by atoms with Crippen LogP contribution in [0, 0.1) is 0 Å². The Morgan fingerprint density at radius 2 is 2.24 bits per heavy atom. The van der Waals surface area contributed by atoms with Gasteiger partial charge in [0.1, 0.15) is 5.01 Å². The average Bonchev–Trinajstić information content (AvgIpc) is 2.89. The number of hydrogen-bond donors (Lipinski definition) is 2. The summed E-state index contributed by atoms with van der Waals surface area (Å²) in [5.74, 6) is -0.0925. The molecule has 2 aromatic rings. The lowest BCUT2D eigenvalue weighted by Gasteiger charge is -2.08. The molecule has 0 aliphatic rings. The van der Waals surface area contributed by atoms with Crippen molar-refractivity contribution in [2.24, 2.45) is 0 Å². The maximum Gasteiger partial charge on any atom is 0.253 e. The number of benzene rings is 1. The molecule has 1 aromatic heterocycles. The summed E-state index contributed by atoms with van der Waals surface area (Å²) in [6.45, 7) is 0.467. The van der Waals surface area contributed by atoms with Gasteiger partial charge in [0.2, 0.25) is 0 Å². The lowest BCUT2D eigenvalue weighted by atomic mass is 10.1. The standard InChI is InChI=1S/C12H13N3OS/c1-13-10-5-3-2-4-9(10)12(16)15-8-11-14-6-7-17-11/h2-7,13H,8H2,1H3,(H,15,16). The zero-order chi connectivity index (χ0) is 12.1. The van der Waals surface area contributed by atoms with Crippen LogP contribution in [0.3, 0.4) is 0 Å². The summed E-state index contributed by atoms with van der Waals surface area (Å²) in [4.78, 5) is 16.1. The summed E-state index contributed by atoms with van der Waals surface area (Å²) in [7, 11) is 1.80. The number of anilines is 1. The molecule has 1 aromatic carbocycles. The van der Waals surface area contributed by atoms with E-state index in [1.807, 2.05) is 23.6 Å². The van der Waals surface area contributed by atoms with Crippen LogP contribution in [0.15, 0.2) is 35.8 Å². The molecule has 2 rings (SSSR count). The van der Waals surface area contributed by atoms with Crippen molar-refractivity contribution in [3.05, 3.63) is 46.4 Å². The fraction of sp³-hybridized carbons (Fsp3) is 0.167. The highest BCUT2D eigenvalue weighted by Gasteiger charge is 2.09. The van der Waals surface area contributed by atoms with Crippen LogP contribution in [-0.4, -0.2) is 17.9 Å². The normalized spacial score (nSPS) is 9.94. The van der Waals surface area contributed by atoms with E-state index in [4.69, 9.17) is 0 Å². The Kier molecular flexibility index (Phi) is 3.72. The number of hydrogen-bond acceptors (Lipinski definition) is 4. The van der Waals surface area contributed by atoms with Crippen LogP contribution in [-0.2, 0) is 6.54 Å². The Morgan fingerprint density at radius 1 is 1.41 bits per heavy atom. The Hall–Kier alpha value is -1.88. The second kappa shape index (κ2) is 5.45. The molecule has 17 heavy (non-hydrogen) atoms. The zero-order valence-electron chi connectivity index (χ0n) is 9.43. The van der Waals surface area contributed by atoms with E-state index in [1.165, 1.54) is 11.3 Å². The number of para-hydroxylation sites is 1. The molecular weight excluding hydrogens is 234 g/mol. The summed E-state index contributed by atoms with van der Waals surface area (Å²) in [5, 5.41) is 8.64. The first-order valence-corrected chi connectivity index (χ1v) is 6.12. The number of thiazole rings is 1. The van der Waals surface area contributed by atoms with Gasteiger partial charge < -0.3 is 10.6 Å². The SMILES string of the molecule is CNc1ccccc1C(=O)NCc1nccs1. The van der Waals surface area contributed by atoms with Gasteiger partial charge in [0.15, 0.2) is 0 Å². The predicted octanol–water partition coefficient (Wildman–Crippen LogP) is 2.11. The fourth-order valence-corrected chi connectivity index (χ4v) is 2.05. The van der Waals surface area contributed by atoms with Gasteiger partial charge in [-0.15, -0.1) is 11.3 Å². The minimum absolute atomic E-state index is 0.0925. The highest BCUT2D eigenvalue weighted by atomic mass is 32.1. The number of carbonyl (C=O) groups is 1. The Morgan fingerprint density at radius 3 is 2.94 bits per heavy atom. The van der Waals surface area contributed by atoms with E-state index in [0.717, 1.165) is 10.7 Å². The van der Waals surface area contributed by atoms with Gasteiger partial charge in [-0.05, 0) is 12.1 Å². The van der Waals surface area contributed by atoms with Gasteiger partial charge in [-0.2, -0.15) is 0 Å². The van der Waals surface area contributed by atoms with Gasteiger partial charge in [-0.1, -0.05) is 12.1 Å². The van der Waals surface area contributed by atoms with Crippen molar-refractivity contribution in [1.29, 1.82) is 0 Å². The van der Waals surface area contributed by atoms with Gasteiger partial charge >= 0.3 is 0 Å². The molecule has 0 unspecified atom stereocenters. The van der Waals surface area contributed by atoms with Crippen molar-refractivity contribution in [3.8, 4) is 0 Å². The van der Waals surface area contributed by atoms with E-state index in [2.05, 4.69) is 15.6 Å². The topological polar surface area (TPSA) is 54.0 Å². The molecule has 1 heterocycles. The minimum atomic E-state index is -0.0925. The van der Waals surface area contributed by atoms with Crippen molar-refractivity contribution in [2.45, 2.75) is 6.54 Å². The lowest BCUT2D eigenvalue weighted by Crippen LogP contribution is -2.23. The van der Waals surface area contributed by atoms with Crippen LogP contribution in [0.5, 0.6) is 0 Å². The second-order valence-corrected chi connectivity index (χ2v) is 4.38. The van der Waals surface area contributed by atoms with Gasteiger partial charge in [-0.25, -0.2) is 4.98 Å². The molecule has 2 N–H and O–H groups in total. The van der Waals surface area contributed by atoms with Crippen LogP contribution in [0.25, 0.3) is 0 Å². The third kappa shape index (κ3) is 2.82. The second-order valence-electron chi connectivity index (χ2n) is 3.40. The van der Waals surface area contributed by atoms with E-state index >= 15 is 0 Å². The van der Waals surface area contributed by atoms with Crippen molar-refractivity contribution in [2.75, 3.05) is 12.4 Å². The minimum Gasteiger partial charge on any atom is -0.387 e. The molecule has 0 saturated heterocycles. The van der Waals surface area contributed by atoms with Gasteiger partial charge in [0, 0.05) is 24.3 Å². The summed E-state index contributed by atoms with van der Waals surface area (Å²) in [5.41, 5.74) is 1.47. The molecule has 0 atom stereocenters. The van der Waals surface area contributed by atoms with Crippen LogP contribution in [0.4, 0.5) is 5.69 Å². The number of nitrogens with one attached hydrogen (secondary N) is 2. The molecule has 4 nitrogen and oxygen atoms in total. The third-order valence-electron chi connectivity index (χ3n) is 2.32. The van der Waals surface area contributed by atoms with Crippen LogP contribution in [0.2, 0.25) is 0 Å². The summed E-state index contributed by atoms with van der Waals surface area (Å²) in [6, 6.07) is 7.41. The predicted molar refractivity (Wildman–Crippen MR) is 69.3 cm³/mol. The largest absolute Gasteiger partial charge is 0.387 e. The molecule has 0 aliphatic heterocycles. The van der Waals surface area contributed by atoms with Crippen LogP contribution >= 0.6 is 11.3 Å². The summed E-state index contributed by atoms with van der Waals surface area (Å²) >= 11 is 1.53. The molecule has 0 saturated carbocycles. The van der Waals surface area contributed by atoms with Crippen LogP contribution < -0.4 is 10.6 Å². The maximum absolute atomic E-state index is 11.9. The van der Waals surface area contributed by atoms with E-state index < -0.39 is 0 Å². The van der Waals surface area contributed by atoms with Crippen molar-refractivity contribution < 1.29 is 4.79 Å². The summed E-state index contributed by atoms with van der Waals surface area (Å²) in [6.07, 6.45) is 1.73. The zero-order valence-corrected chi connectivity index (χ0v) is 10.3. The first-order chi connectivity index (χ1) is 8.31. The first-order valence-electron chi connectivity index (χ1n) is 5.24. The van der Waals surface area contributed by atoms with Gasteiger partial charge in [0.05, 0.1) is 12.1 Å². The highest BCUT2D eigenvalue weighted by Crippen LogP contribution is 2.14. The average molecular weight is 247 g/mol. The molecule has 0 aliphatic carbocycles. The van der Waals surface area contributed by atoms with Gasteiger partial charge in [0.25, 0.3) is 5.91 Å². The number of nitrogens with zero attached hydrogens (tertiary/aromatic N) is 1. The molecule has 0 spiro atoms. The quantitative estimate of drug-likeness (QED) is 0.870. The summed E-state index contributed by atoms with van der Waals surface area (Å²) < 4.78 is 0. The maximum atomic E-state index is 11.9. The van der Waals surface area contributed by atoms with E-state index in [0.29, 0.717) is 12.1 Å². The number of rotatable bonds is 4. The Labute approximate surface area is 104 Å². The molecule has 0 radical (unpaired) electrons. The molecular formula is C12H13N3OS. The van der Waals surface area contributed by atoms with E-state index in [1.54, 1.807) is 19.3 Å². The molecule has 5 heteroatoms. The molecule has 88 valence electrons. The van der Waals surface area contributed by atoms with Crippen LogP contribution in [0.1, 0.15) is 15.4 Å². The Balaban J connectivity index is 2.04. The van der Waals surface area contributed by atoms with Crippen molar-refractivity contribution in [1.82, 2.24) is 10.3 Å². The van der Waals surface area contributed by atoms with Gasteiger partial charge in [-0.3, -0.25) is 4.79 Å². The third-order valence-corrected chi connectivity index (χ3v) is 3.10. The van der Waals surface area contributed by atoms with Crippen molar-refractivity contribution in [3.63, 3.8) is 0 Å². The monoisotopic (exact) mass is 247 g/mol. The molecule has 0 fully saturated rings. The number of amides is 1.